The number of carbonyl (C=O) groups is 3. The number of benzene rings is 2. The van der Waals surface area contributed by atoms with Gasteiger partial charge in [-0.2, -0.15) is 0 Å². The van der Waals surface area contributed by atoms with Crippen LogP contribution in [0.15, 0.2) is 48.5 Å². The van der Waals surface area contributed by atoms with Crippen molar-refractivity contribution in [1.82, 2.24) is 10.6 Å². The molecule has 0 unspecified atom stereocenters. The van der Waals surface area contributed by atoms with Crippen LogP contribution in [-0.4, -0.2) is 42.3 Å². The molecule has 4 rings (SSSR count). The van der Waals surface area contributed by atoms with Gasteiger partial charge in [-0.25, -0.2) is 9.59 Å². The van der Waals surface area contributed by atoms with Crippen LogP contribution in [0.25, 0.3) is 11.1 Å². The molecular weight excluding hydrogens is 420 g/mol. The summed E-state index contributed by atoms with van der Waals surface area (Å²) in [5, 5.41) is 14.4. The predicted molar refractivity (Wildman–Crippen MR) is 124 cm³/mol. The van der Waals surface area contributed by atoms with Crippen LogP contribution >= 0.6 is 0 Å². The summed E-state index contributed by atoms with van der Waals surface area (Å²) in [5.74, 6) is -1.33. The van der Waals surface area contributed by atoms with Crippen LogP contribution < -0.4 is 10.6 Å². The predicted octanol–water partition coefficient (Wildman–Crippen LogP) is 4.06. The van der Waals surface area contributed by atoms with E-state index >= 15 is 0 Å². The van der Waals surface area contributed by atoms with Crippen LogP contribution in [0, 0.1) is 5.92 Å². The van der Waals surface area contributed by atoms with E-state index in [0.29, 0.717) is 12.3 Å². The molecule has 2 aliphatic carbocycles. The summed E-state index contributed by atoms with van der Waals surface area (Å²) in [6.45, 7) is -0.175. The Morgan fingerprint density at radius 2 is 1.55 bits per heavy atom. The maximum Gasteiger partial charge on any atom is 0.407 e. The quantitative estimate of drug-likeness (QED) is 0.562. The highest BCUT2D eigenvalue weighted by Gasteiger charge is 2.29. The van der Waals surface area contributed by atoms with Crippen LogP contribution in [0.4, 0.5) is 4.79 Å². The van der Waals surface area contributed by atoms with Gasteiger partial charge in [0, 0.05) is 5.92 Å². The fraction of sp³-hybridized carbons (Fsp3) is 0.423. The minimum Gasteiger partial charge on any atom is -0.480 e. The van der Waals surface area contributed by atoms with Crippen LogP contribution in [0.2, 0.25) is 0 Å². The van der Waals surface area contributed by atoms with E-state index in [2.05, 4.69) is 22.8 Å². The smallest absolute Gasteiger partial charge is 0.407 e. The molecule has 33 heavy (non-hydrogen) atoms. The summed E-state index contributed by atoms with van der Waals surface area (Å²) < 4.78 is 5.42. The summed E-state index contributed by atoms with van der Waals surface area (Å²) in [7, 11) is 0. The van der Waals surface area contributed by atoms with E-state index in [4.69, 9.17) is 4.74 Å². The molecule has 2 amide bonds. The van der Waals surface area contributed by atoms with Gasteiger partial charge in [0.05, 0.1) is 0 Å². The van der Waals surface area contributed by atoms with Crippen molar-refractivity contribution in [2.45, 2.75) is 50.5 Å². The zero-order valence-corrected chi connectivity index (χ0v) is 18.6. The summed E-state index contributed by atoms with van der Waals surface area (Å²) in [4.78, 5) is 36.1. The first-order valence-electron chi connectivity index (χ1n) is 11.6. The Hall–Kier alpha value is -3.35. The normalized spacial score (nSPS) is 16.4. The zero-order valence-electron chi connectivity index (χ0n) is 18.6. The summed E-state index contributed by atoms with van der Waals surface area (Å²) in [6.07, 6.45) is 5.11. The average Bonchev–Trinajstić information content (AvgIpc) is 3.15. The standard InChI is InChI=1S/C26H30N2O5/c29-24(28-23(25(30)31)14-17-8-2-1-3-9-17)15-27-26(32)33-16-22-20-12-6-4-10-18(20)19-11-5-7-13-21(19)22/h4-7,10-13,17,22-23H,1-3,8-9,14-16H2,(H,27,32)(H,28,29)(H,30,31)/t23-/m1/s1. The highest BCUT2D eigenvalue weighted by molar-refractivity contribution is 5.86. The van der Waals surface area contributed by atoms with Crippen LogP contribution in [0.3, 0.4) is 0 Å². The number of nitrogens with one attached hydrogen (secondary N) is 2. The Morgan fingerprint density at radius 3 is 2.15 bits per heavy atom. The van der Waals surface area contributed by atoms with E-state index in [-0.39, 0.29) is 19.1 Å². The van der Waals surface area contributed by atoms with Gasteiger partial charge >= 0.3 is 12.1 Å². The van der Waals surface area contributed by atoms with Gasteiger partial charge in [-0.3, -0.25) is 4.79 Å². The molecule has 1 atom stereocenters. The molecule has 2 aliphatic rings. The molecular formula is C26H30N2O5. The van der Waals surface area contributed by atoms with Crippen molar-refractivity contribution < 1.29 is 24.2 Å². The third-order valence-corrected chi connectivity index (χ3v) is 6.66. The third kappa shape index (κ3) is 5.53. The topological polar surface area (TPSA) is 105 Å². The largest absolute Gasteiger partial charge is 0.480 e. The molecule has 7 nitrogen and oxygen atoms in total. The zero-order chi connectivity index (χ0) is 23.2. The number of carboxylic acid groups (broad SMARTS) is 1. The van der Waals surface area contributed by atoms with Crippen LogP contribution in [0.5, 0.6) is 0 Å². The molecule has 1 saturated carbocycles. The van der Waals surface area contributed by atoms with Crippen molar-refractivity contribution in [1.29, 1.82) is 0 Å². The number of ether oxygens (including phenoxy) is 1. The Balaban J connectivity index is 1.26. The summed E-state index contributed by atoms with van der Waals surface area (Å²) >= 11 is 0. The van der Waals surface area contributed by atoms with Gasteiger partial charge in [0.15, 0.2) is 0 Å². The second-order valence-corrected chi connectivity index (χ2v) is 8.88. The van der Waals surface area contributed by atoms with Gasteiger partial charge in [0.2, 0.25) is 5.91 Å². The van der Waals surface area contributed by atoms with Crippen LogP contribution in [0.1, 0.15) is 55.6 Å². The average molecular weight is 451 g/mol. The second-order valence-electron chi connectivity index (χ2n) is 8.88. The van der Waals surface area contributed by atoms with E-state index in [0.717, 1.165) is 47.9 Å². The molecule has 0 spiro atoms. The first kappa shape index (κ1) is 22.8. The summed E-state index contributed by atoms with van der Waals surface area (Å²) in [6, 6.07) is 15.2. The van der Waals surface area contributed by atoms with E-state index in [1.54, 1.807) is 0 Å². The van der Waals surface area contributed by atoms with Crippen molar-refractivity contribution in [3.63, 3.8) is 0 Å². The molecule has 1 fully saturated rings. The fourth-order valence-electron chi connectivity index (χ4n) is 5.02. The second kappa shape index (κ2) is 10.5. The Kier molecular flexibility index (Phi) is 7.27. The number of carbonyl (C=O) groups excluding carboxylic acids is 2. The molecule has 174 valence electrons. The van der Waals surface area contributed by atoms with E-state index in [9.17, 15) is 19.5 Å². The molecule has 0 aromatic heterocycles. The number of amides is 2. The number of aliphatic carboxylic acids is 1. The van der Waals surface area contributed by atoms with Gasteiger partial charge in [0.1, 0.15) is 19.2 Å². The minimum atomic E-state index is -1.05. The highest BCUT2D eigenvalue weighted by Crippen LogP contribution is 2.44. The maximum absolute atomic E-state index is 12.2. The first-order chi connectivity index (χ1) is 16.0. The Labute approximate surface area is 193 Å². The molecule has 0 bridgehead atoms. The van der Waals surface area contributed by atoms with Gasteiger partial charge < -0.3 is 20.5 Å². The minimum absolute atomic E-state index is 0.0659. The summed E-state index contributed by atoms with van der Waals surface area (Å²) in [5.41, 5.74) is 4.49. The lowest BCUT2D eigenvalue weighted by Crippen LogP contribution is -2.46. The lowest BCUT2D eigenvalue weighted by Gasteiger charge is -2.25. The number of hydrogen-bond donors (Lipinski definition) is 3. The highest BCUT2D eigenvalue weighted by atomic mass is 16.5. The van der Waals surface area contributed by atoms with Crippen molar-refractivity contribution in [3.05, 3.63) is 59.7 Å². The van der Waals surface area contributed by atoms with Gasteiger partial charge in [-0.05, 0) is 34.6 Å². The van der Waals surface area contributed by atoms with Crippen molar-refractivity contribution in [3.8, 4) is 11.1 Å². The maximum atomic E-state index is 12.2. The SMILES string of the molecule is O=C(CNC(=O)OCC1c2ccccc2-c2ccccc21)N[C@H](CC1CCCCC1)C(=O)O. The fourth-order valence-corrected chi connectivity index (χ4v) is 5.02. The van der Waals surface area contributed by atoms with E-state index in [1.807, 2.05) is 36.4 Å². The lowest BCUT2D eigenvalue weighted by molar-refractivity contribution is -0.142. The molecule has 2 aromatic carbocycles. The van der Waals surface area contributed by atoms with Crippen molar-refractivity contribution in [2.75, 3.05) is 13.2 Å². The monoisotopic (exact) mass is 450 g/mol. The molecule has 0 saturated heterocycles. The molecule has 2 aromatic rings. The molecule has 0 radical (unpaired) electrons. The Bertz CT molecular complexity index is 970. The van der Waals surface area contributed by atoms with Crippen molar-refractivity contribution in [2.24, 2.45) is 5.92 Å². The van der Waals surface area contributed by atoms with Crippen molar-refractivity contribution >= 4 is 18.0 Å². The Morgan fingerprint density at radius 1 is 0.939 bits per heavy atom. The third-order valence-electron chi connectivity index (χ3n) is 6.66. The number of hydrogen-bond acceptors (Lipinski definition) is 4. The number of carboxylic acids is 1. The lowest BCUT2D eigenvalue weighted by atomic mass is 9.85. The van der Waals surface area contributed by atoms with Crippen LogP contribution in [-0.2, 0) is 14.3 Å². The first-order valence-corrected chi connectivity index (χ1v) is 11.6. The van der Waals surface area contributed by atoms with E-state index in [1.165, 1.54) is 6.42 Å². The van der Waals surface area contributed by atoms with Gasteiger partial charge in [-0.1, -0.05) is 80.6 Å². The number of rotatable bonds is 8. The number of fused-ring (bicyclic) bond motifs is 3. The molecule has 7 heteroatoms. The molecule has 0 heterocycles. The van der Waals surface area contributed by atoms with Gasteiger partial charge in [0.25, 0.3) is 0 Å². The van der Waals surface area contributed by atoms with Gasteiger partial charge in [-0.15, -0.1) is 0 Å². The number of alkyl carbamates (subject to hydrolysis) is 1. The molecule has 0 aliphatic heterocycles. The molecule has 3 N–H and O–H groups in total. The van der Waals surface area contributed by atoms with E-state index < -0.39 is 24.0 Å².